The fraction of sp³-hybridized carbons (Fsp3) is 0.667. The molecule has 0 spiro atoms. The molecule has 1 unspecified atom stereocenters. The summed E-state index contributed by atoms with van der Waals surface area (Å²) in [5, 5.41) is 5.90. The third-order valence-electron chi connectivity index (χ3n) is 3.90. The summed E-state index contributed by atoms with van der Waals surface area (Å²) in [7, 11) is 3.38. The van der Waals surface area contributed by atoms with Gasteiger partial charge in [0.05, 0.1) is 5.01 Å². The molecule has 1 saturated heterocycles. The van der Waals surface area contributed by atoms with Crippen LogP contribution in [0.15, 0.2) is 11.6 Å². The Bertz CT molecular complexity index is 504. The van der Waals surface area contributed by atoms with Crippen LogP contribution in [0.3, 0.4) is 0 Å². The molecule has 22 heavy (non-hydrogen) atoms. The Morgan fingerprint density at radius 3 is 2.95 bits per heavy atom. The van der Waals surface area contributed by atoms with Crippen LogP contribution in [0.2, 0.25) is 0 Å². The second-order valence-corrected chi connectivity index (χ2v) is 6.97. The number of hydrogen-bond donors (Lipinski definition) is 1. The molecule has 6 nitrogen and oxygen atoms in total. The van der Waals surface area contributed by atoms with E-state index in [1.807, 2.05) is 16.5 Å². The summed E-state index contributed by atoms with van der Waals surface area (Å²) in [5.41, 5.74) is 0. The van der Waals surface area contributed by atoms with E-state index in [9.17, 15) is 9.59 Å². The fourth-order valence-corrected chi connectivity index (χ4v) is 3.47. The van der Waals surface area contributed by atoms with Gasteiger partial charge >= 0.3 is 6.03 Å². The number of nitrogens with one attached hydrogen (secondary N) is 1. The van der Waals surface area contributed by atoms with Gasteiger partial charge in [-0.05, 0) is 25.7 Å². The lowest BCUT2D eigenvalue weighted by atomic mass is 9.95. The molecule has 7 heteroatoms. The molecule has 1 N–H and O–H groups in total. The minimum Gasteiger partial charge on any atom is -0.347 e. The van der Waals surface area contributed by atoms with Crippen LogP contribution in [0.1, 0.15) is 24.8 Å². The van der Waals surface area contributed by atoms with Crippen LogP contribution in [0.25, 0.3) is 0 Å². The molecule has 1 aliphatic heterocycles. The third kappa shape index (κ3) is 4.43. The van der Waals surface area contributed by atoms with Crippen molar-refractivity contribution >= 4 is 23.3 Å². The Labute approximate surface area is 135 Å². The van der Waals surface area contributed by atoms with Crippen molar-refractivity contribution in [2.75, 3.05) is 27.2 Å². The van der Waals surface area contributed by atoms with Gasteiger partial charge in [-0.1, -0.05) is 0 Å². The molecule has 2 rings (SSSR count). The number of hydrogen-bond acceptors (Lipinski definition) is 4. The van der Waals surface area contributed by atoms with E-state index >= 15 is 0 Å². The summed E-state index contributed by atoms with van der Waals surface area (Å²) in [6.07, 6.45) is 4.87. The lowest BCUT2D eigenvalue weighted by Gasteiger charge is -2.33. The number of thiazole rings is 1. The zero-order valence-electron chi connectivity index (χ0n) is 13.4. The molecule has 0 radical (unpaired) electrons. The van der Waals surface area contributed by atoms with E-state index in [1.54, 1.807) is 32.4 Å². The number of carbonyl (C=O) groups excluding carboxylic acids is 2. The lowest BCUT2D eigenvalue weighted by molar-refractivity contribution is -0.130. The summed E-state index contributed by atoms with van der Waals surface area (Å²) >= 11 is 1.66. The van der Waals surface area contributed by atoms with Gasteiger partial charge in [0, 0.05) is 45.2 Å². The van der Waals surface area contributed by atoms with E-state index < -0.39 is 6.04 Å². The van der Waals surface area contributed by atoms with Crippen molar-refractivity contribution in [3.8, 4) is 0 Å². The van der Waals surface area contributed by atoms with Crippen molar-refractivity contribution in [1.82, 2.24) is 20.1 Å². The second-order valence-electron chi connectivity index (χ2n) is 5.99. The lowest BCUT2D eigenvalue weighted by Crippen LogP contribution is -2.52. The van der Waals surface area contributed by atoms with Crippen molar-refractivity contribution in [2.24, 2.45) is 5.92 Å². The first-order valence-electron chi connectivity index (χ1n) is 7.62. The Morgan fingerprint density at radius 2 is 2.32 bits per heavy atom. The van der Waals surface area contributed by atoms with Crippen molar-refractivity contribution in [3.63, 3.8) is 0 Å². The van der Waals surface area contributed by atoms with E-state index in [-0.39, 0.29) is 11.9 Å². The molecular weight excluding hydrogens is 300 g/mol. The van der Waals surface area contributed by atoms with Gasteiger partial charge in [-0.3, -0.25) is 4.79 Å². The van der Waals surface area contributed by atoms with Crippen LogP contribution in [0.5, 0.6) is 0 Å². The topological polar surface area (TPSA) is 65.5 Å². The number of urea groups is 1. The van der Waals surface area contributed by atoms with Gasteiger partial charge in [0.25, 0.3) is 0 Å². The largest absolute Gasteiger partial charge is 0.347 e. The van der Waals surface area contributed by atoms with Gasteiger partial charge in [0.1, 0.15) is 6.04 Å². The Balaban J connectivity index is 1.86. The summed E-state index contributed by atoms with van der Waals surface area (Å²) < 4.78 is 0. The van der Waals surface area contributed by atoms with Crippen LogP contribution >= 0.6 is 11.3 Å². The average Bonchev–Trinajstić information content (AvgIpc) is 2.99. The number of carbonyl (C=O) groups is 2. The van der Waals surface area contributed by atoms with E-state index in [1.165, 1.54) is 4.90 Å². The molecule has 0 saturated carbocycles. The number of amides is 3. The normalized spacial score (nSPS) is 19.6. The Hall–Kier alpha value is -1.63. The summed E-state index contributed by atoms with van der Waals surface area (Å²) in [5.74, 6) is 0.357. The fourth-order valence-electron chi connectivity index (χ4n) is 2.74. The molecule has 1 fully saturated rings. The van der Waals surface area contributed by atoms with Crippen LogP contribution in [-0.4, -0.2) is 59.9 Å². The summed E-state index contributed by atoms with van der Waals surface area (Å²) in [4.78, 5) is 31.8. The molecule has 1 aliphatic rings. The van der Waals surface area contributed by atoms with Crippen molar-refractivity contribution < 1.29 is 9.59 Å². The van der Waals surface area contributed by atoms with Gasteiger partial charge in [0.15, 0.2) is 0 Å². The first-order valence-corrected chi connectivity index (χ1v) is 8.50. The molecule has 2 atom stereocenters. The van der Waals surface area contributed by atoms with Gasteiger partial charge in [-0.25, -0.2) is 9.78 Å². The van der Waals surface area contributed by atoms with Gasteiger partial charge < -0.3 is 15.1 Å². The first kappa shape index (κ1) is 16.7. The highest BCUT2D eigenvalue weighted by atomic mass is 32.1. The third-order valence-corrected chi connectivity index (χ3v) is 4.71. The molecule has 0 bridgehead atoms. The SMILES string of the molecule is C[C@H](NC(=O)N1CCCC(Cc2nccs2)C1)C(=O)N(C)C. The van der Waals surface area contributed by atoms with Crippen LogP contribution in [-0.2, 0) is 11.2 Å². The molecule has 122 valence electrons. The highest BCUT2D eigenvalue weighted by Gasteiger charge is 2.26. The predicted molar refractivity (Wildman–Crippen MR) is 86.8 cm³/mol. The zero-order chi connectivity index (χ0) is 16.1. The molecule has 1 aromatic rings. The van der Waals surface area contributed by atoms with E-state index in [0.29, 0.717) is 5.92 Å². The standard InChI is InChI=1S/C15H24N4O2S/c1-11(14(20)18(2)3)17-15(21)19-7-4-5-12(10-19)9-13-16-6-8-22-13/h6,8,11-12H,4-5,7,9-10H2,1-3H3,(H,17,21)/t11-,12?/m0/s1. The summed E-state index contributed by atoms with van der Waals surface area (Å²) in [6, 6.07) is -0.645. The quantitative estimate of drug-likeness (QED) is 0.914. The van der Waals surface area contributed by atoms with Crippen LogP contribution < -0.4 is 5.32 Å². The number of piperidine rings is 1. The number of aromatic nitrogens is 1. The number of likely N-dealkylation sites (N-methyl/N-ethyl adjacent to an activating group) is 1. The zero-order valence-corrected chi connectivity index (χ0v) is 14.2. The maximum Gasteiger partial charge on any atom is 0.318 e. The maximum absolute atomic E-state index is 12.3. The minimum atomic E-state index is -0.498. The highest BCUT2D eigenvalue weighted by molar-refractivity contribution is 7.09. The van der Waals surface area contributed by atoms with E-state index in [2.05, 4.69) is 10.3 Å². The molecular formula is C15H24N4O2S. The van der Waals surface area contributed by atoms with Crippen LogP contribution in [0.4, 0.5) is 4.79 Å². The summed E-state index contributed by atoms with van der Waals surface area (Å²) in [6.45, 7) is 3.20. The first-order chi connectivity index (χ1) is 10.5. The van der Waals surface area contributed by atoms with Crippen LogP contribution in [0, 0.1) is 5.92 Å². The predicted octanol–water partition coefficient (Wildman–Crippen LogP) is 1.58. The van der Waals surface area contributed by atoms with Gasteiger partial charge in [0.2, 0.25) is 5.91 Å². The minimum absolute atomic E-state index is 0.0929. The molecule has 2 heterocycles. The molecule has 1 aromatic heterocycles. The number of likely N-dealkylation sites (tertiary alicyclic amines) is 1. The Morgan fingerprint density at radius 1 is 1.55 bits per heavy atom. The smallest absolute Gasteiger partial charge is 0.318 e. The highest BCUT2D eigenvalue weighted by Crippen LogP contribution is 2.21. The maximum atomic E-state index is 12.3. The molecule has 0 aliphatic carbocycles. The van der Waals surface area contributed by atoms with Gasteiger partial charge in [-0.15, -0.1) is 11.3 Å². The number of nitrogens with zero attached hydrogens (tertiary/aromatic N) is 3. The molecule has 3 amide bonds. The monoisotopic (exact) mass is 324 g/mol. The van der Waals surface area contributed by atoms with E-state index in [4.69, 9.17) is 0 Å². The van der Waals surface area contributed by atoms with E-state index in [0.717, 1.165) is 37.4 Å². The molecule has 0 aromatic carbocycles. The van der Waals surface area contributed by atoms with Gasteiger partial charge in [-0.2, -0.15) is 0 Å². The number of rotatable bonds is 4. The van der Waals surface area contributed by atoms with Crippen molar-refractivity contribution in [1.29, 1.82) is 0 Å². The van der Waals surface area contributed by atoms with Crippen molar-refractivity contribution in [2.45, 2.75) is 32.2 Å². The average molecular weight is 324 g/mol. The second kappa shape index (κ2) is 7.58. The van der Waals surface area contributed by atoms with Crippen molar-refractivity contribution in [3.05, 3.63) is 16.6 Å². The Kier molecular flexibility index (Phi) is 5.76.